The smallest absolute Gasteiger partial charge is 0.490 e. The summed E-state index contributed by atoms with van der Waals surface area (Å²) in [5.74, 6) is 0.990. The van der Waals surface area contributed by atoms with Gasteiger partial charge in [-0.15, -0.1) is 8.42 Å². The van der Waals surface area contributed by atoms with Crippen LogP contribution in [0.5, 0.6) is 23.0 Å². The maximum atomic E-state index is 12.8. The summed E-state index contributed by atoms with van der Waals surface area (Å²) >= 11 is 0. The van der Waals surface area contributed by atoms with Crippen molar-refractivity contribution in [1.29, 1.82) is 0 Å². The Bertz CT molecular complexity index is 978. The molecule has 244 valence electrons. The Morgan fingerprint density at radius 2 is 0.698 bits per heavy atom. The van der Waals surface area contributed by atoms with Crippen molar-refractivity contribution in [3.63, 3.8) is 0 Å². The van der Waals surface area contributed by atoms with Crippen LogP contribution in [-0.4, -0.2) is 21.6 Å². The average molecular weight is 619 g/mol. The number of unbranched alkanes of at least 4 members (excludes halogenated alkanes) is 18. The van der Waals surface area contributed by atoms with Crippen LogP contribution in [0.2, 0.25) is 0 Å². The Labute approximate surface area is 263 Å². The highest BCUT2D eigenvalue weighted by atomic mass is 32.3. The molecule has 0 atom stereocenters. The van der Waals surface area contributed by atoms with Gasteiger partial charge >= 0.3 is 10.4 Å². The fraction of sp³-hybridized carbons (Fsp3) is 0.667. The van der Waals surface area contributed by atoms with E-state index in [2.05, 4.69) is 13.8 Å². The summed E-state index contributed by atoms with van der Waals surface area (Å²) in [5, 5.41) is 0. The van der Waals surface area contributed by atoms with E-state index < -0.39 is 10.4 Å². The van der Waals surface area contributed by atoms with E-state index >= 15 is 0 Å². The second-order valence-electron chi connectivity index (χ2n) is 11.5. The first kappa shape index (κ1) is 36.8. The van der Waals surface area contributed by atoms with Gasteiger partial charge in [0.2, 0.25) is 0 Å². The lowest BCUT2D eigenvalue weighted by atomic mass is 10.1. The third-order valence-electron chi connectivity index (χ3n) is 7.59. The van der Waals surface area contributed by atoms with Gasteiger partial charge in [0.05, 0.1) is 13.2 Å². The molecular formula is C36H58O6S. The number of benzene rings is 2. The van der Waals surface area contributed by atoms with Crippen molar-refractivity contribution in [3.05, 3.63) is 48.5 Å². The average Bonchev–Trinajstić information content (AvgIpc) is 3.00. The standard InChI is InChI=1S/C36H58O6S/c1-3-5-7-9-11-13-15-17-19-25-31-39-33-27-21-23-29-35(33)41-43(37,38)42-36-30-24-22-28-34(36)40-32-26-20-18-16-14-12-10-8-6-4-2/h21-24,27-30H,3-20,25-26,31-32H2,1-2H3. The molecule has 0 radical (unpaired) electrons. The van der Waals surface area contributed by atoms with Gasteiger partial charge in [-0.2, -0.15) is 0 Å². The van der Waals surface area contributed by atoms with E-state index in [0.717, 1.165) is 25.7 Å². The highest BCUT2D eigenvalue weighted by molar-refractivity contribution is 7.82. The Balaban J connectivity index is 1.70. The van der Waals surface area contributed by atoms with E-state index in [1.165, 1.54) is 103 Å². The molecule has 0 saturated heterocycles. The molecule has 0 spiro atoms. The summed E-state index contributed by atoms with van der Waals surface area (Å²) < 4.78 is 48.1. The molecule has 0 aliphatic carbocycles. The first-order chi connectivity index (χ1) is 21.1. The van der Waals surface area contributed by atoms with Gasteiger partial charge in [0.15, 0.2) is 23.0 Å². The maximum Gasteiger partial charge on any atom is 0.501 e. The Morgan fingerprint density at radius 3 is 1.02 bits per heavy atom. The van der Waals surface area contributed by atoms with Crippen molar-refractivity contribution in [3.8, 4) is 23.0 Å². The predicted octanol–water partition coefficient (Wildman–Crippen LogP) is 11.0. The molecule has 0 fully saturated rings. The van der Waals surface area contributed by atoms with Gasteiger partial charge in [-0.25, -0.2) is 0 Å². The SMILES string of the molecule is CCCCCCCCCCCCOc1ccccc1OS(=O)(=O)Oc1ccccc1OCCCCCCCCCCCC. The highest BCUT2D eigenvalue weighted by Crippen LogP contribution is 2.32. The Hall–Kier alpha value is -2.41. The number of hydrogen-bond donors (Lipinski definition) is 0. The molecule has 0 unspecified atom stereocenters. The molecule has 0 aromatic heterocycles. The normalized spacial score (nSPS) is 11.4. The van der Waals surface area contributed by atoms with Crippen LogP contribution in [0.4, 0.5) is 0 Å². The monoisotopic (exact) mass is 618 g/mol. The number of ether oxygens (including phenoxy) is 2. The lowest BCUT2D eigenvalue weighted by molar-refractivity contribution is 0.285. The van der Waals surface area contributed by atoms with Crippen molar-refractivity contribution in [2.75, 3.05) is 13.2 Å². The van der Waals surface area contributed by atoms with Gasteiger partial charge in [0.1, 0.15) is 0 Å². The Morgan fingerprint density at radius 1 is 0.419 bits per heavy atom. The fourth-order valence-corrected chi connectivity index (χ4v) is 5.81. The minimum Gasteiger partial charge on any atom is -0.490 e. The van der Waals surface area contributed by atoms with Crippen LogP contribution < -0.4 is 17.8 Å². The zero-order valence-electron chi connectivity index (χ0n) is 27.0. The molecule has 0 amide bonds. The summed E-state index contributed by atoms with van der Waals surface area (Å²) in [4.78, 5) is 0. The van der Waals surface area contributed by atoms with Crippen LogP contribution in [0.15, 0.2) is 48.5 Å². The summed E-state index contributed by atoms with van der Waals surface area (Å²) in [5.41, 5.74) is 0. The molecule has 43 heavy (non-hydrogen) atoms. The first-order valence-electron chi connectivity index (χ1n) is 17.1. The van der Waals surface area contributed by atoms with Crippen LogP contribution in [0.25, 0.3) is 0 Å². The van der Waals surface area contributed by atoms with E-state index in [-0.39, 0.29) is 11.5 Å². The van der Waals surface area contributed by atoms with Crippen molar-refractivity contribution in [2.45, 2.75) is 142 Å². The van der Waals surface area contributed by atoms with Gasteiger partial charge in [-0.3, -0.25) is 0 Å². The van der Waals surface area contributed by atoms with Crippen molar-refractivity contribution >= 4 is 10.4 Å². The zero-order chi connectivity index (χ0) is 30.9. The molecule has 2 rings (SSSR count). The van der Waals surface area contributed by atoms with Crippen molar-refractivity contribution in [1.82, 2.24) is 0 Å². The van der Waals surface area contributed by atoms with Crippen molar-refractivity contribution in [2.24, 2.45) is 0 Å². The minimum atomic E-state index is -4.40. The molecular weight excluding hydrogens is 560 g/mol. The highest BCUT2D eigenvalue weighted by Gasteiger charge is 2.21. The zero-order valence-corrected chi connectivity index (χ0v) is 27.8. The van der Waals surface area contributed by atoms with E-state index in [0.29, 0.717) is 24.7 Å². The molecule has 0 aliphatic heterocycles. The van der Waals surface area contributed by atoms with Crippen LogP contribution in [0.1, 0.15) is 142 Å². The summed E-state index contributed by atoms with van der Waals surface area (Å²) in [6, 6.07) is 13.6. The number of para-hydroxylation sites is 4. The summed E-state index contributed by atoms with van der Waals surface area (Å²) in [6.07, 6.45) is 24.8. The summed E-state index contributed by atoms with van der Waals surface area (Å²) in [7, 11) is -4.40. The number of rotatable bonds is 28. The van der Waals surface area contributed by atoms with Gasteiger partial charge < -0.3 is 17.8 Å². The van der Waals surface area contributed by atoms with E-state index in [1.807, 2.05) is 0 Å². The van der Waals surface area contributed by atoms with Crippen LogP contribution in [0, 0.1) is 0 Å². The van der Waals surface area contributed by atoms with Crippen LogP contribution in [-0.2, 0) is 10.4 Å². The molecule has 2 aromatic carbocycles. The molecule has 0 bridgehead atoms. The second-order valence-corrected chi connectivity index (χ2v) is 12.7. The lowest BCUT2D eigenvalue weighted by Crippen LogP contribution is -2.17. The lowest BCUT2D eigenvalue weighted by Gasteiger charge is -2.14. The van der Waals surface area contributed by atoms with Gasteiger partial charge in [0.25, 0.3) is 0 Å². The first-order valence-corrected chi connectivity index (χ1v) is 18.5. The third kappa shape index (κ3) is 18.1. The maximum absolute atomic E-state index is 12.8. The molecule has 0 aliphatic rings. The van der Waals surface area contributed by atoms with Gasteiger partial charge in [-0.05, 0) is 37.1 Å². The topological polar surface area (TPSA) is 71.1 Å². The van der Waals surface area contributed by atoms with E-state index in [4.69, 9.17) is 17.8 Å². The molecule has 2 aromatic rings. The largest absolute Gasteiger partial charge is 0.501 e. The van der Waals surface area contributed by atoms with E-state index in [1.54, 1.807) is 48.5 Å². The molecule has 0 N–H and O–H groups in total. The fourth-order valence-electron chi connectivity index (χ4n) is 5.06. The third-order valence-corrected chi connectivity index (χ3v) is 8.36. The van der Waals surface area contributed by atoms with Gasteiger partial charge in [0, 0.05) is 0 Å². The molecule has 0 heterocycles. The van der Waals surface area contributed by atoms with Crippen molar-refractivity contribution < 1.29 is 26.3 Å². The quantitative estimate of drug-likeness (QED) is 0.0884. The molecule has 0 saturated carbocycles. The molecule has 7 heteroatoms. The predicted molar refractivity (Wildman–Crippen MR) is 178 cm³/mol. The number of hydrogen-bond acceptors (Lipinski definition) is 6. The summed E-state index contributed by atoms with van der Waals surface area (Å²) in [6.45, 7) is 5.51. The second kappa shape index (κ2) is 24.0. The van der Waals surface area contributed by atoms with Crippen LogP contribution in [0.3, 0.4) is 0 Å². The van der Waals surface area contributed by atoms with E-state index in [9.17, 15) is 8.42 Å². The Kier molecular flexibility index (Phi) is 20.5. The van der Waals surface area contributed by atoms with Crippen LogP contribution >= 0.6 is 0 Å². The van der Waals surface area contributed by atoms with Gasteiger partial charge in [-0.1, -0.05) is 154 Å². The minimum absolute atomic E-state index is 0.110. The molecule has 6 nitrogen and oxygen atoms in total.